The molecule has 2 aromatic rings. The molecule has 0 radical (unpaired) electrons. The van der Waals surface area contributed by atoms with Crippen molar-refractivity contribution in [3.05, 3.63) is 142 Å². The summed E-state index contributed by atoms with van der Waals surface area (Å²) in [4.78, 5) is 12.6. The van der Waals surface area contributed by atoms with Gasteiger partial charge in [0.05, 0.1) is 31.5 Å². The Bertz CT molecular complexity index is 2340. The second kappa shape index (κ2) is 28.3. The first-order valence-electron chi connectivity index (χ1n) is 28.9. The van der Waals surface area contributed by atoms with E-state index in [4.69, 9.17) is 16.1 Å². The maximum absolute atomic E-state index is 13.2. The zero-order valence-electron chi connectivity index (χ0n) is 46.7. The molecule has 7 rings (SSSR count). The van der Waals surface area contributed by atoms with Crippen molar-refractivity contribution in [1.29, 1.82) is 0 Å². The van der Waals surface area contributed by atoms with Crippen LogP contribution in [0.3, 0.4) is 0 Å². The van der Waals surface area contributed by atoms with E-state index in [-0.39, 0.29) is 54.9 Å². The van der Waals surface area contributed by atoms with Crippen molar-refractivity contribution in [2.45, 2.75) is 133 Å². The second-order valence-electron chi connectivity index (χ2n) is 23.6. The van der Waals surface area contributed by atoms with Crippen LogP contribution in [0.1, 0.15) is 114 Å². The van der Waals surface area contributed by atoms with E-state index in [1.54, 1.807) is 0 Å². The molecule has 0 unspecified atom stereocenters. The number of carbonyl (C=O) groups excluding carboxylic acids is 1. The number of ether oxygens (including phenoxy) is 2. The largest absolute Gasteiger partial charge is 0.396 e. The first kappa shape index (κ1) is 59.8. The van der Waals surface area contributed by atoms with E-state index in [1.165, 1.54) is 47.9 Å². The van der Waals surface area contributed by atoms with Crippen molar-refractivity contribution >= 4 is 6.29 Å². The number of fused-ring (bicyclic) bond motifs is 5. The quantitative estimate of drug-likeness (QED) is 0.0219. The van der Waals surface area contributed by atoms with Crippen LogP contribution in [-0.2, 0) is 27.1 Å². The van der Waals surface area contributed by atoms with E-state index in [1.807, 2.05) is 33.2 Å². The van der Waals surface area contributed by atoms with Gasteiger partial charge in [-0.2, -0.15) is 0 Å². The van der Waals surface area contributed by atoms with E-state index in [0.29, 0.717) is 62.7 Å². The fourth-order valence-electron chi connectivity index (χ4n) is 15.2. The molecule has 4 bridgehead atoms. The Hall–Kier alpha value is -3.85. The lowest BCUT2D eigenvalue weighted by Crippen LogP contribution is -2.65. The third-order valence-corrected chi connectivity index (χ3v) is 19.0. The number of carbonyl (C=O) groups is 1. The highest BCUT2D eigenvalue weighted by molar-refractivity contribution is 5.74. The third-order valence-electron chi connectivity index (χ3n) is 19.0. The molecule has 0 amide bonds. The number of nitrogens with one attached hydrogen (secondary N) is 3. The summed E-state index contributed by atoms with van der Waals surface area (Å²) in [6, 6.07) is 20.2. The number of hydrogen-bond acceptors (Lipinski definition) is 11. The Morgan fingerprint density at radius 1 is 1.00 bits per heavy atom. The van der Waals surface area contributed by atoms with Gasteiger partial charge in [-0.1, -0.05) is 127 Å². The molecule has 11 nitrogen and oxygen atoms in total. The Labute approximate surface area is 456 Å². The SMILES string of the molecule is C=C(/C=C/C=C(/COC[C@H](O)CO)[C@@H]1CC[C@]2([C@@H]1O)[C@@H]1C(=C(C)C=O)[C@@H](C=C[C@H]1CCO)C[C@]2(O)CCNC)[C@@H]1C/C=C(\C)CN[C@@](CCOC)([C@H]2CCCC[C@@H]2CNC)Cc2cccc(c2)[C@@H]1CCc1ccccc1. The Balaban J connectivity index is 1.27. The Morgan fingerprint density at radius 2 is 1.80 bits per heavy atom. The van der Waals surface area contributed by atoms with Crippen LogP contribution in [0, 0.1) is 46.8 Å². The Morgan fingerprint density at radius 3 is 2.54 bits per heavy atom. The average Bonchev–Trinajstić information content (AvgIpc) is 3.88. The van der Waals surface area contributed by atoms with Crippen LogP contribution in [-0.4, -0.2) is 129 Å². The molecule has 1 aliphatic heterocycles. The summed E-state index contributed by atoms with van der Waals surface area (Å²) in [5, 5.41) is 67.9. The fourth-order valence-corrected chi connectivity index (χ4v) is 15.2. The van der Waals surface area contributed by atoms with Gasteiger partial charge in [0.2, 0.25) is 0 Å². The van der Waals surface area contributed by atoms with Crippen LogP contribution in [0.5, 0.6) is 0 Å². The molecular weight excluding hydrogens is 951 g/mol. The topological polar surface area (TPSA) is 173 Å². The lowest BCUT2D eigenvalue weighted by atomic mass is 9.45. The summed E-state index contributed by atoms with van der Waals surface area (Å²) < 4.78 is 12.0. The van der Waals surface area contributed by atoms with E-state index in [9.17, 15) is 30.3 Å². The highest BCUT2D eigenvalue weighted by Gasteiger charge is 2.68. The van der Waals surface area contributed by atoms with Crippen molar-refractivity contribution in [3.8, 4) is 0 Å². The lowest BCUT2D eigenvalue weighted by Gasteiger charge is -2.61. The van der Waals surface area contributed by atoms with Gasteiger partial charge in [-0.15, -0.1) is 0 Å². The van der Waals surface area contributed by atoms with Crippen LogP contribution in [0.15, 0.2) is 125 Å². The van der Waals surface area contributed by atoms with Crippen LogP contribution in [0.4, 0.5) is 0 Å². The maximum atomic E-state index is 13.2. The van der Waals surface area contributed by atoms with E-state index in [2.05, 4.69) is 109 Å². The minimum Gasteiger partial charge on any atom is -0.396 e. The van der Waals surface area contributed by atoms with Gasteiger partial charge in [0.25, 0.3) is 0 Å². The van der Waals surface area contributed by atoms with Crippen molar-refractivity contribution in [3.63, 3.8) is 0 Å². The summed E-state index contributed by atoms with van der Waals surface area (Å²) in [6.45, 7) is 11.5. The molecule has 8 N–H and O–H groups in total. The Kier molecular flexibility index (Phi) is 22.3. The normalized spacial score (nSPS) is 33.8. The number of aldehydes is 1. The second-order valence-corrected chi connectivity index (χ2v) is 23.6. The van der Waals surface area contributed by atoms with Gasteiger partial charge in [-0.25, -0.2) is 0 Å². The minimum absolute atomic E-state index is 0.0563. The van der Waals surface area contributed by atoms with Gasteiger partial charge in [0.1, 0.15) is 12.4 Å². The van der Waals surface area contributed by atoms with Crippen molar-refractivity contribution < 1.29 is 39.8 Å². The molecule has 4 aliphatic carbocycles. The third kappa shape index (κ3) is 13.6. The fraction of sp³-hybridized carbons (Fsp3) is 0.615. The molecule has 418 valence electrons. The molecule has 1 spiro atoms. The van der Waals surface area contributed by atoms with Gasteiger partial charge in [-0.3, -0.25) is 4.79 Å². The number of rotatable bonds is 24. The number of allylic oxidation sites excluding steroid dienone is 9. The van der Waals surface area contributed by atoms with Crippen molar-refractivity contribution in [2.75, 3.05) is 73.9 Å². The highest BCUT2D eigenvalue weighted by Crippen LogP contribution is 2.67. The highest BCUT2D eigenvalue weighted by atomic mass is 16.5. The number of aliphatic hydroxyl groups is 5. The number of benzene rings is 2. The lowest BCUT2D eigenvalue weighted by molar-refractivity contribution is -0.194. The molecule has 76 heavy (non-hydrogen) atoms. The number of aliphatic hydroxyl groups excluding tert-OH is 4. The van der Waals surface area contributed by atoms with E-state index >= 15 is 0 Å². The van der Waals surface area contributed by atoms with E-state index in [0.717, 1.165) is 68.2 Å². The van der Waals surface area contributed by atoms with Crippen molar-refractivity contribution in [1.82, 2.24) is 16.0 Å². The van der Waals surface area contributed by atoms with Crippen LogP contribution < -0.4 is 16.0 Å². The van der Waals surface area contributed by atoms with Crippen LogP contribution in [0.25, 0.3) is 0 Å². The minimum atomic E-state index is -1.29. The molecule has 0 aromatic heterocycles. The smallest absolute Gasteiger partial charge is 0.145 e. The predicted molar refractivity (Wildman–Crippen MR) is 306 cm³/mol. The molecule has 13 atom stereocenters. The van der Waals surface area contributed by atoms with Crippen LogP contribution in [0.2, 0.25) is 0 Å². The van der Waals surface area contributed by atoms with Gasteiger partial charge in [0, 0.05) is 49.7 Å². The maximum Gasteiger partial charge on any atom is 0.145 e. The molecule has 3 saturated carbocycles. The first-order valence-corrected chi connectivity index (χ1v) is 28.9. The number of aryl methyl sites for hydroxylation is 1. The molecule has 2 aromatic carbocycles. The summed E-state index contributed by atoms with van der Waals surface area (Å²) in [5.41, 5.74) is 6.23. The van der Waals surface area contributed by atoms with E-state index < -0.39 is 35.7 Å². The van der Waals surface area contributed by atoms with Crippen LogP contribution >= 0.6 is 0 Å². The molecule has 0 saturated heterocycles. The monoisotopic (exact) mass is 1050 g/mol. The zero-order valence-corrected chi connectivity index (χ0v) is 46.7. The summed E-state index contributed by atoms with van der Waals surface area (Å²) in [5.74, 6) is 0.141. The van der Waals surface area contributed by atoms with Crippen molar-refractivity contribution in [2.24, 2.45) is 46.8 Å². The number of methoxy groups -OCH3 is 1. The number of hydrogen-bond donors (Lipinski definition) is 8. The standard InChI is InChI=1S/C65H95N3O8/c1-45-22-26-56(57(27-23-48-15-8-7-9-16-48)51-19-13-17-49(36-51)37-63(68-39-45,32-35-75-6)59-21-11-10-18-53(59)40-67-5)46(2)14-12-20-54(43-76-44-55(72)42-71)58-28-30-65(62(58)73)61-50(29-34-69)24-25-52(60(61)47(3)41-70)38-64(65,74)31-33-66-4/h7-9,12-17,19-20,22,24-25,36,41,50,52-53,55-59,61-62,66-69,71-74H,2,10-11,18,21,23,26-35,37-40,42-44H2,1,3-6H3/b14-12+,45-22+,54-20-,60-47?/t50-,52-,53+,55+,56-,57-,58-,59-,61-,62+,63+,64+,65+/m0/s1. The molecular formula is C65H95N3O8. The molecule has 3 fully saturated rings. The van der Waals surface area contributed by atoms with Gasteiger partial charge in [0.15, 0.2) is 0 Å². The van der Waals surface area contributed by atoms with Gasteiger partial charge in [-0.05, 0) is 181 Å². The zero-order chi connectivity index (χ0) is 54.3. The molecule has 5 aliphatic rings. The van der Waals surface area contributed by atoms with Gasteiger partial charge >= 0.3 is 0 Å². The first-order chi connectivity index (χ1) is 36.8. The predicted octanol–water partition coefficient (Wildman–Crippen LogP) is 8.53. The molecule has 11 heteroatoms. The summed E-state index contributed by atoms with van der Waals surface area (Å²) >= 11 is 0. The van der Waals surface area contributed by atoms with Gasteiger partial charge < -0.3 is 51.0 Å². The summed E-state index contributed by atoms with van der Waals surface area (Å²) in [6.07, 6.45) is 23.5. The molecule has 1 heterocycles. The average molecular weight is 1050 g/mol. The summed E-state index contributed by atoms with van der Waals surface area (Å²) in [7, 11) is 5.79.